The van der Waals surface area contributed by atoms with Crippen LogP contribution in [0.1, 0.15) is 62.3 Å². The summed E-state index contributed by atoms with van der Waals surface area (Å²) in [6.45, 7) is 12.5. The number of hydrogen-bond donors (Lipinski definition) is 2. The molecule has 2 N–H and O–H groups in total. The van der Waals surface area contributed by atoms with Gasteiger partial charge in [0.15, 0.2) is 0 Å². The molecule has 0 aliphatic rings. The number of carbonyl (C=O) groups excluding carboxylic acids is 2. The Morgan fingerprint density at radius 3 is 2.31 bits per heavy atom. The van der Waals surface area contributed by atoms with Gasteiger partial charge in [0.2, 0.25) is 0 Å². The van der Waals surface area contributed by atoms with Crippen LogP contribution in [-0.4, -0.2) is 66.6 Å². The van der Waals surface area contributed by atoms with E-state index in [1.165, 1.54) is 0 Å². The van der Waals surface area contributed by atoms with E-state index in [9.17, 15) is 9.59 Å². The number of nitrogens with one attached hydrogen (secondary N) is 2. The van der Waals surface area contributed by atoms with E-state index in [-0.39, 0.29) is 18.0 Å². The minimum absolute atomic E-state index is 0.00551. The Hall–Kier alpha value is -2.84. The molecule has 1 atom stereocenters. The lowest BCUT2D eigenvalue weighted by Crippen LogP contribution is -2.36. The zero-order chi connectivity index (χ0) is 26.7. The SMILES string of the molecule is CC.CCOC(=O)N(CC)C(c1ccc(C(=O)N(CC)CCNC)cc1)c1cc2cc(Br)ccc2[nH]1. The normalized spacial score (nSPS) is 11.4. The van der Waals surface area contributed by atoms with Crippen LogP contribution < -0.4 is 5.32 Å². The van der Waals surface area contributed by atoms with Gasteiger partial charge in [-0.05, 0) is 69.8 Å². The number of amides is 2. The van der Waals surface area contributed by atoms with Crippen LogP contribution in [0.5, 0.6) is 0 Å². The standard InChI is InChI=1S/C26H33BrN4O3.C2H6/c1-5-30(15-14-28-4)25(32)19-10-8-18(9-11-19)24(31(6-2)26(33)34-7-3)23-17-20-16-21(27)12-13-22(20)29-23;1-2/h8-13,16-17,24,28-29H,5-7,14-15H2,1-4H3;1-2H3. The smallest absolute Gasteiger partial charge is 0.410 e. The number of H-pyrrole nitrogens is 1. The van der Waals surface area contributed by atoms with Gasteiger partial charge in [0.25, 0.3) is 5.91 Å². The van der Waals surface area contributed by atoms with Crippen LogP contribution in [-0.2, 0) is 4.74 Å². The Bertz CT molecular complexity index is 1110. The summed E-state index contributed by atoms with van der Waals surface area (Å²) in [5.41, 5.74) is 3.39. The average molecular weight is 560 g/mol. The number of aromatic nitrogens is 1. The maximum Gasteiger partial charge on any atom is 0.410 e. The summed E-state index contributed by atoms with van der Waals surface area (Å²) in [6.07, 6.45) is -0.376. The van der Waals surface area contributed by atoms with Crippen LogP contribution in [0, 0.1) is 0 Å². The summed E-state index contributed by atoms with van der Waals surface area (Å²) in [5, 5.41) is 4.13. The molecule has 0 aliphatic carbocycles. The third kappa shape index (κ3) is 7.11. The van der Waals surface area contributed by atoms with E-state index in [4.69, 9.17) is 4.74 Å². The molecule has 8 heteroatoms. The molecule has 0 saturated heterocycles. The minimum Gasteiger partial charge on any atom is -0.450 e. The van der Waals surface area contributed by atoms with Crippen molar-refractivity contribution < 1.29 is 14.3 Å². The highest BCUT2D eigenvalue weighted by Crippen LogP contribution is 2.32. The molecule has 0 spiro atoms. The first kappa shape index (κ1) is 29.4. The first-order valence-electron chi connectivity index (χ1n) is 12.7. The lowest BCUT2D eigenvalue weighted by Gasteiger charge is -2.30. The predicted molar refractivity (Wildman–Crippen MR) is 151 cm³/mol. The molecule has 3 rings (SSSR count). The number of ether oxygens (including phenoxy) is 1. The van der Waals surface area contributed by atoms with E-state index in [0.29, 0.717) is 31.8 Å². The van der Waals surface area contributed by atoms with Crippen molar-refractivity contribution in [1.82, 2.24) is 20.1 Å². The summed E-state index contributed by atoms with van der Waals surface area (Å²) >= 11 is 3.53. The molecule has 0 radical (unpaired) electrons. The molecule has 2 amide bonds. The number of rotatable bonds is 10. The van der Waals surface area contributed by atoms with E-state index in [2.05, 4.69) is 32.3 Å². The van der Waals surface area contributed by atoms with Crippen molar-refractivity contribution in [3.63, 3.8) is 0 Å². The van der Waals surface area contributed by atoms with Gasteiger partial charge >= 0.3 is 6.09 Å². The second-order valence-corrected chi connectivity index (χ2v) is 8.87. The minimum atomic E-state index is -0.383. The van der Waals surface area contributed by atoms with Gasteiger partial charge in [-0.2, -0.15) is 0 Å². The van der Waals surface area contributed by atoms with E-state index in [1.807, 2.05) is 82.1 Å². The Morgan fingerprint density at radius 1 is 1.03 bits per heavy atom. The largest absolute Gasteiger partial charge is 0.450 e. The number of aromatic amines is 1. The predicted octanol–water partition coefficient (Wildman–Crippen LogP) is 6.21. The zero-order valence-corrected chi connectivity index (χ0v) is 23.8. The molecule has 0 aliphatic heterocycles. The molecule has 3 aromatic rings. The Morgan fingerprint density at radius 2 is 1.72 bits per heavy atom. The van der Waals surface area contributed by atoms with Gasteiger partial charge in [0.1, 0.15) is 6.04 Å². The molecule has 0 fully saturated rings. The van der Waals surface area contributed by atoms with Crippen LogP contribution in [0.2, 0.25) is 0 Å². The molecule has 1 aromatic heterocycles. The number of fused-ring (bicyclic) bond motifs is 1. The fourth-order valence-electron chi connectivity index (χ4n) is 4.06. The molecular weight excluding hydrogens is 520 g/mol. The molecule has 2 aromatic carbocycles. The molecule has 1 heterocycles. The highest BCUT2D eigenvalue weighted by molar-refractivity contribution is 9.10. The fourth-order valence-corrected chi connectivity index (χ4v) is 4.44. The maximum atomic E-state index is 13.0. The molecule has 36 heavy (non-hydrogen) atoms. The van der Waals surface area contributed by atoms with Gasteiger partial charge in [-0.3, -0.25) is 9.69 Å². The van der Waals surface area contributed by atoms with Crippen LogP contribution in [0.25, 0.3) is 10.9 Å². The molecule has 0 bridgehead atoms. The number of likely N-dealkylation sites (N-methyl/N-ethyl adjacent to an activating group) is 2. The number of benzene rings is 2. The summed E-state index contributed by atoms with van der Waals surface area (Å²) in [5.74, 6) is -0.00551. The van der Waals surface area contributed by atoms with Crippen molar-refractivity contribution in [3.8, 4) is 0 Å². The Balaban J connectivity index is 0.00000222. The average Bonchev–Trinajstić information content (AvgIpc) is 3.31. The van der Waals surface area contributed by atoms with Crippen molar-refractivity contribution in [2.75, 3.05) is 39.8 Å². The van der Waals surface area contributed by atoms with Gasteiger partial charge in [-0.15, -0.1) is 0 Å². The quantitative estimate of drug-likeness (QED) is 0.310. The maximum absolute atomic E-state index is 13.0. The lowest BCUT2D eigenvalue weighted by molar-refractivity contribution is 0.0766. The molecule has 1 unspecified atom stereocenters. The monoisotopic (exact) mass is 558 g/mol. The topological polar surface area (TPSA) is 77.7 Å². The molecule has 196 valence electrons. The van der Waals surface area contributed by atoms with Crippen molar-refractivity contribution in [2.24, 2.45) is 0 Å². The van der Waals surface area contributed by atoms with Gasteiger partial charge in [-0.25, -0.2) is 4.79 Å². The van der Waals surface area contributed by atoms with Crippen molar-refractivity contribution in [1.29, 1.82) is 0 Å². The number of halogens is 1. The van der Waals surface area contributed by atoms with E-state index < -0.39 is 0 Å². The summed E-state index contributed by atoms with van der Waals surface area (Å²) < 4.78 is 6.34. The van der Waals surface area contributed by atoms with Crippen LogP contribution in [0.4, 0.5) is 4.79 Å². The molecule has 7 nitrogen and oxygen atoms in total. The van der Waals surface area contributed by atoms with Gasteiger partial charge in [-0.1, -0.05) is 41.9 Å². The van der Waals surface area contributed by atoms with Crippen molar-refractivity contribution in [3.05, 3.63) is 69.8 Å². The summed E-state index contributed by atoms with van der Waals surface area (Å²) in [7, 11) is 1.87. The van der Waals surface area contributed by atoms with Gasteiger partial charge in [0, 0.05) is 52.8 Å². The van der Waals surface area contributed by atoms with Gasteiger partial charge < -0.3 is 19.9 Å². The third-order valence-corrected chi connectivity index (χ3v) is 6.32. The second kappa shape index (κ2) is 14.7. The molecular formula is C28H39BrN4O3. The van der Waals surface area contributed by atoms with Crippen LogP contribution >= 0.6 is 15.9 Å². The Kier molecular flexibility index (Phi) is 12.0. The van der Waals surface area contributed by atoms with Crippen LogP contribution in [0.3, 0.4) is 0 Å². The number of carbonyl (C=O) groups is 2. The van der Waals surface area contributed by atoms with Crippen molar-refractivity contribution in [2.45, 2.75) is 40.7 Å². The van der Waals surface area contributed by atoms with E-state index in [0.717, 1.165) is 33.2 Å². The third-order valence-electron chi connectivity index (χ3n) is 5.83. The second-order valence-electron chi connectivity index (χ2n) is 7.95. The van der Waals surface area contributed by atoms with Gasteiger partial charge in [0.05, 0.1) is 6.61 Å². The first-order chi connectivity index (χ1) is 17.4. The number of nitrogens with zero attached hydrogens (tertiary/aromatic N) is 2. The summed E-state index contributed by atoms with van der Waals surface area (Å²) in [4.78, 5) is 32.8. The number of hydrogen-bond acceptors (Lipinski definition) is 4. The first-order valence-corrected chi connectivity index (χ1v) is 13.5. The highest BCUT2D eigenvalue weighted by atomic mass is 79.9. The van der Waals surface area contributed by atoms with E-state index >= 15 is 0 Å². The summed E-state index contributed by atoms with van der Waals surface area (Å²) in [6, 6.07) is 15.2. The highest BCUT2D eigenvalue weighted by Gasteiger charge is 2.28. The Labute approximate surface area is 223 Å². The van der Waals surface area contributed by atoms with Crippen molar-refractivity contribution >= 4 is 38.8 Å². The lowest BCUT2D eigenvalue weighted by atomic mass is 10.00. The molecule has 0 saturated carbocycles. The van der Waals surface area contributed by atoms with Crippen LogP contribution in [0.15, 0.2) is 53.0 Å². The fraction of sp³-hybridized carbons (Fsp3) is 0.429. The van der Waals surface area contributed by atoms with E-state index in [1.54, 1.807) is 11.8 Å². The zero-order valence-electron chi connectivity index (χ0n) is 22.2.